The summed E-state index contributed by atoms with van der Waals surface area (Å²) in [6.07, 6.45) is -9.18. The molecule has 0 bridgehead atoms. The van der Waals surface area contributed by atoms with Gasteiger partial charge in [-0.15, -0.1) is 0 Å². The number of aliphatic hydroxyl groups is 1. The summed E-state index contributed by atoms with van der Waals surface area (Å²) in [4.78, 5) is 22.7. The van der Waals surface area contributed by atoms with Crippen LogP contribution in [0.5, 0.6) is 0 Å². The molecule has 2 aromatic rings. The molecule has 0 saturated carbocycles. The molecule has 0 aliphatic rings. The van der Waals surface area contributed by atoms with Crippen LogP contribution in [0.1, 0.15) is 23.1 Å². The van der Waals surface area contributed by atoms with E-state index in [4.69, 9.17) is 5.11 Å². The SMILES string of the molecule is CNC(=O)Nc1cccc(Sc2ccc(/C=C/C(=O)NCCCO)c(C(F)(F)F)c2C(F)(F)F)c1. The number of rotatable bonds is 8. The van der Waals surface area contributed by atoms with Crippen LogP contribution in [0.2, 0.25) is 0 Å². The second kappa shape index (κ2) is 12.0. The summed E-state index contributed by atoms with van der Waals surface area (Å²) in [7, 11) is 1.36. The highest BCUT2D eigenvalue weighted by Gasteiger charge is 2.46. The average molecular weight is 521 g/mol. The summed E-state index contributed by atoms with van der Waals surface area (Å²) in [6.45, 7) is -0.177. The minimum Gasteiger partial charge on any atom is -0.396 e. The first-order valence-corrected chi connectivity index (χ1v) is 10.8. The van der Waals surface area contributed by atoms with E-state index < -0.39 is 45.9 Å². The fraction of sp³-hybridized carbons (Fsp3) is 0.273. The third kappa shape index (κ3) is 8.21. The molecule has 0 aliphatic heterocycles. The maximum absolute atomic E-state index is 13.9. The van der Waals surface area contributed by atoms with Crippen molar-refractivity contribution in [3.8, 4) is 0 Å². The third-order valence-electron chi connectivity index (χ3n) is 4.36. The fourth-order valence-electron chi connectivity index (χ4n) is 2.88. The molecule has 6 nitrogen and oxygen atoms in total. The number of alkyl halides is 6. The lowest BCUT2D eigenvalue weighted by molar-refractivity contribution is -0.163. The number of hydrogen-bond acceptors (Lipinski definition) is 4. The number of halogens is 6. The quantitative estimate of drug-likeness (QED) is 0.220. The van der Waals surface area contributed by atoms with E-state index in [0.717, 1.165) is 12.1 Å². The topological polar surface area (TPSA) is 90.5 Å². The molecule has 0 spiro atoms. The number of urea groups is 1. The molecule has 0 fully saturated rings. The Labute approximate surface area is 200 Å². The van der Waals surface area contributed by atoms with Gasteiger partial charge in [0.25, 0.3) is 0 Å². The van der Waals surface area contributed by atoms with Gasteiger partial charge in [-0.25, -0.2) is 4.79 Å². The van der Waals surface area contributed by atoms with Gasteiger partial charge in [0.1, 0.15) is 0 Å². The van der Waals surface area contributed by atoms with Crippen molar-refractivity contribution in [2.45, 2.75) is 28.6 Å². The Bertz CT molecular complexity index is 1090. The highest BCUT2D eigenvalue weighted by atomic mass is 32.2. The number of amides is 3. The molecule has 0 aliphatic carbocycles. The van der Waals surface area contributed by atoms with Crippen LogP contribution >= 0.6 is 11.8 Å². The van der Waals surface area contributed by atoms with Crippen LogP contribution in [0.25, 0.3) is 6.08 Å². The molecule has 35 heavy (non-hydrogen) atoms. The zero-order chi connectivity index (χ0) is 26.2. The fourth-order valence-corrected chi connectivity index (χ4v) is 3.93. The third-order valence-corrected chi connectivity index (χ3v) is 5.41. The lowest BCUT2D eigenvalue weighted by atomic mass is 9.99. The van der Waals surface area contributed by atoms with E-state index >= 15 is 0 Å². The van der Waals surface area contributed by atoms with Crippen molar-refractivity contribution in [3.63, 3.8) is 0 Å². The number of carbonyl (C=O) groups is 2. The van der Waals surface area contributed by atoms with Crippen LogP contribution in [0, 0.1) is 0 Å². The van der Waals surface area contributed by atoms with Gasteiger partial charge >= 0.3 is 18.4 Å². The summed E-state index contributed by atoms with van der Waals surface area (Å²) in [5.74, 6) is -0.820. The summed E-state index contributed by atoms with van der Waals surface area (Å²) in [5.41, 5.74) is -4.41. The zero-order valence-corrected chi connectivity index (χ0v) is 19.0. The van der Waals surface area contributed by atoms with E-state index in [0.29, 0.717) is 23.9 Å². The van der Waals surface area contributed by atoms with Gasteiger partial charge in [0.15, 0.2) is 0 Å². The Hall–Kier alpha value is -3.19. The number of aliphatic hydroxyl groups excluding tert-OH is 1. The molecule has 0 saturated heterocycles. The van der Waals surface area contributed by atoms with Crippen molar-refractivity contribution < 1.29 is 41.0 Å². The maximum Gasteiger partial charge on any atom is 0.418 e. The second-order valence-electron chi connectivity index (χ2n) is 6.93. The van der Waals surface area contributed by atoms with Gasteiger partial charge < -0.3 is 21.1 Å². The predicted octanol–water partition coefficient (Wildman–Crippen LogP) is 5.14. The van der Waals surface area contributed by atoms with E-state index in [1.165, 1.54) is 31.3 Å². The summed E-state index contributed by atoms with van der Waals surface area (Å²) >= 11 is 0.448. The molecular formula is C22H21F6N3O3S. The molecule has 4 N–H and O–H groups in total. The smallest absolute Gasteiger partial charge is 0.396 e. The van der Waals surface area contributed by atoms with Gasteiger partial charge in [0.05, 0.1) is 11.1 Å². The van der Waals surface area contributed by atoms with Gasteiger partial charge in [-0.05, 0) is 42.3 Å². The van der Waals surface area contributed by atoms with Crippen LogP contribution in [0.15, 0.2) is 52.3 Å². The summed E-state index contributed by atoms with van der Waals surface area (Å²) in [5, 5.41) is 15.7. The monoisotopic (exact) mass is 521 g/mol. The number of carbonyl (C=O) groups excluding carboxylic acids is 2. The van der Waals surface area contributed by atoms with Crippen LogP contribution in [0.3, 0.4) is 0 Å². The Morgan fingerprint density at radius 2 is 1.71 bits per heavy atom. The largest absolute Gasteiger partial charge is 0.418 e. The highest BCUT2D eigenvalue weighted by Crippen LogP contribution is 2.48. The van der Waals surface area contributed by atoms with E-state index in [-0.39, 0.29) is 30.2 Å². The lowest BCUT2D eigenvalue weighted by Crippen LogP contribution is -2.24. The molecular weight excluding hydrogens is 500 g/mol. The Morgan fingerprint density at radius 1 is 1.03 bits per heavy atom. The van der Waals surface area contributed by atoms with Crippen molar-refractivity contribution in [2.75, 3.05) is 25.5 Å². The molecule has 2 aromatic carbocycles. The van der Waals surface area contributed by atoms with Crippen LogP contribution in [0.4, 0.5) is 36.8 Å². The number of hydrogen-bond donors (Lipinski definition) is 4. The van der Waals surface area contributed by atoms with Crippen molar-refractivity contribution in [2.24, 2.45) is 0 Å². The molecule has 0 atom stereocenters. The Morgan fingerprint density at radius 3 is 2.31 bits per heavy atom. The molecule has 190 valence electrons. The van der Waals surface area contributed by atoms with Crippen LogP contribution in [-0.4, -0.2) is 37.2 Å². The van der Waals surface area contributed by atoms with E-state index in [1.807, 2.05) is 0 Å². The standard InChI is InChI=1S/C22H21F6N3O3S/c1-29-20(34)31-14-4-2-5-15(12-14)35-16-8-6-13(7-9-17(33)30-10-3-11-32)18(21(23,24)25)19(16)22(26,27)28/h2,4-9,12,32H,3,10-11H2,1H3,(H,30,33)(H2,29,31,34)/b9-7+. The highest BCUT2D eigenvalue weighted by molar-refractivity contribution is 7.99. The molecule has 0 unspecified atom stereocenters. The van der Waals surface area contributed by atoms with E-state index in [1.54, 1.807) is 0 Å². The zero-order valence-electron chi connectivity index (χ0n) is 18.2. The maximum atomic E-state index is 13.9. The molecule has 0 aromatic heterocycles. The summed E-state index contributed by atoms with van der Waals surface area (Å²) < 4.78 is 83.3. The van der Waals surface area contributed by atoms with Crippen molar-refractivity contribution >= 4 is 35.5 Å². The first-order chi connectivity index (χ1) is 16.4. The number of benzene rings is 2. The van der Waals surface area contributed by atoms with Crippen LogP contribution in [-0.2, 0) is 17.1 Å². The van der Waals surface area contributed by atoms with E-state index in [2.05, 4.69) is 16.0 Å². The average Bonchev–Trinajstić information content (AvgIpc) is 2.76. The first-order valence-electron chi connectivity index (χ1n) is 10.0. The van der Waals surface area contributed by atoms with Gasteiger partial charge in [0.2, 0.25) is 5.91 Å². The first kappa shape index (κ1) is 28.1. The van der Waals surface area contributed by atoms with Crippen molar-refractivity contribution in [3.05, 3.63) is 59.2 Å². The molecule has 0 radical (unpaired) electrons. The van der Waals surface area contributed by atoms with Gasteiger partial charge in [-0.1, -0.05) is 23.9 Å². The van der Waals surface area contributed by atoms with Gasteiger partial charge in [-0.3, -0.25) is 4.79 Å². The Balaban J connectivity index is 2.52. The summed E-state index contributed by atoms with van der Waals surface area (Å²) in [6, 6.07) is 6.76. The molecule has 13 heteroatoms. The Kier molecular flexibility index (Phi) is 9.60. The number of anilines is 1. The van der Waals surface area contributed by atoms with Crippen LogP contribution < -0.4 is 16.0 Å². The van der Waals surface area contributed by atoms with E-state index in [9.17, 15) is 35.9 Å². The predicted molar refractivity (Wildman–Crippen MR) is 119 cm³/mol. The molecule has 3 amide bonds. The normalized spacial score (nSPS) is 12.0. The molecule has 0 heterocycles. The van der Waals surface area contributed by atoms with Crippen molar-refractivity contribution in [1.82, 2.24) is 10.6 Å². The second-order valence-corrected chi connectivity index (χ2v) is 8.05. The number of nitrogens with one attached hydrogen (secondary N) is 3. The lowest BCUT2D eigenvalue weighted by Gasteiger charge is -2.21. The minimum atomic E-state index is -5.38. The van der Waals surface area contributed by atoms with Crippen molar-refractivity contribution in [1.29, 1.82) is 0 Å². The van der Waals surface area contributed by atoms with Gasteiger partial charge in [-0.2, -0.15) is 26.3 Å². The minimum absolute atomic E-state index is 0.0447. The molecule has 2 rings (SSSR count). The van der Waals surface area contributed by atoms with Gasteiger partial charge in [0, 0.05) is 41.8 Å².